The molecular weight excluding hydrogens is 210 g/mol. The SMILES string of the molecule is CCCCCCCCCCCCOCN(C)C. The van der Waals surface area contributed by atoms with Crippen LogP contribution in [0.2, 0.25) is 0 Å². The smallest absolute Gasteiger partial charge is 0.0985 e. The van der Waals surface area contributed by atoms with E-state index in [2.05, 4.69) is 11.8 Å². The molecule has 0 atom stereocenters. The van der Waals surface area contributed by atoms with Gasteiger partial charge in [-0.2, -0.15) is 0 Å². The minimum Gasteiger partial charge on any atom is -0.366 e. The molecule has 2 nitrogen and oxygen atoms in total. The van der Waals surface area contributed by atoms with Gasteiger partial charge >= 0.3 is 0 Å². The molecule has 0 fully saturated rings. The van der Waals surface area contributed by atoms with Crippen LogP contribution < -0.4 is 0 Å². The molecule has 0 aliphatic heterocycles. The summed E-state index contributed by atoms with van der Waals surface area (Å²) in [6, 6.07) is 0. The van der Waals surface area contributed by atoms with Crippen molar-refractivity contribution in [1.82, 2.24) is 4.90 Å². The summed E-state index contributed by atoms with van der Waals surface area (Å²) in [7, 11) is 4.08. The Morgan fingerprint density at radius 1 is 0.706 bits per heavy atom. The fourth-order valence-corrected chi connectivity index (χ4v) is 1.94. The topological polar surface area (TPSA) is 12.5 Å². The first-order chi connectivity index (χ1) is 8.27. The number of rotatable bonds is 13. The van der Waals surface area contributed by atoms with E-state index in [9.17, 15) is 0 Å². The highest BCUT2D eigenvalue weighted by atomic mass is 16.5. The summed E-state index contributed by atoms with van der Waals surface area (Å²) in [5, 5.41) is 0. The van der Waals surface area contributed by atoms with Crippen LogP contribution in [-0.4, -0.2) is 32.3 Å². The Morgan fingerprint density at radius 2 is 1.18 bits per heavy atom. The van der Waals surface area contributed by atoms with Gasteiger partial charge < -0.3 is 4.74 Å². The molecule has 0 rings (SSSR count). The van der Waals surface area contributed by atoms with Crippen molar-refractivity contribution in [3.8, 4) is 0 Å². The van der Waals surface area contributed by atoms with E-state index < -0.39 is 0 Å². The Morgan fingerprint density at radius 3 is 1.65 bits per heavy atom. The lowest BCUT2D eigenvalue weighted by atomic mass is 10.1. The van der Waals surface area contributed by atoms with E-state index in [1.165, 1.54) is 64.2 Å². The summed E-state index contributed by atoms with van der Waals surface area (Å²) in [5.41, 5.74) is 0. The number of ether oxygens (including phenoxy) is 1. The van der Waals surface area contributed by atoms with Crippen LogP contribution in [0.1, 0.15) is 71.1 Å². The zero-order chi connectivity index (χ0) is 12.8. The van der Waals surface area contributed by atoms with Crippen molar-refractivity contribution in [2.24, 2.45) is 0 Å². The first-order valence-electron chi connectivity index (χ1n) is 7.50. The van der Waals surface area contributed by atoms with Crippen LogP contribution in [0.5, 0.6) is 0 Å². The van der Waals surface area contributed by atoms with Gasteiger partial charge in [-0.05, 0) is 20.5 Å². The van der Waals surface area contributed by atoms with Crippen molar-refractivity contribution in [3.63, 3.8) is 0 Å². The second-order valence-corrected chi connectivity index (χ2v) is 5.30. The van der Waals surface area contributed by atoms with Gasteiger partial charge in [0, 0.05) is 6.61 Å². The molecule has 17 heavy (non-hydrogen) atoms. The van der Waals surface area contributed by atoms with Crippen LogP contribution in [0.3, 0.4) is 0 Å². The first-order valence-corrected chi connectivity index (χ1v) is 7.50. The maximum Gasteiger partial charge on any atom is 0.0985 e. The normalized spacial score (nSPS) is 11.3. The Kier molecular flexibility index (Phi) is 13.9. The third kappa shape index (κ3) is 15.9. The standard InChI is InChI=1S/C15H33NO/c1-4-5-6-7-8-9-10-11-12-13-14-17-15-16(2)3/h4-15H2,1-3H3. The summed E-state index contributed by atoms with van der Waals surface area (Å²) in [5.74, 6) is 0. The first kappa shape index (κ1) is 16.9. The maximum absolute atomic E-state index is 5.49. The molecule has 0 saturated heterocycles. The van der Waals surface area contributed by atoms with E-state index in [0.29, 0.717) is 0 Å². The van der Waals surface area contributed by atoms with Crippen molar-refractivity contribution >= 4 is 0 Å². The van der Waals surface area contributed by atoms with Crippen LogP contribution in [-0.2, 0) is 4.74 Å². The third-order valence-corrected chi connectivity index (χ3v) is 2.99. The molecule has 0 N–H and O–H groups in total. The molecule has 0 radical (unpaired) electrons. The van der Waals surface area contributed by atoms with E-state index in [1.54, 1.807) is 0 Å². The van der Waals surface area contributed by atoms with E-state index in [1.807, 2.05) is 14.1 Å². The van der Waals surface area contributed by atoms with Gasteiger partial charge in [0.25, 0.3) is 0 Å². The third-order valence-electron chi connectivity index (χ3n) is 2.99. The fraction of sp³-hybridized carbons (Fsp3) is 1.00. The van der Waals surface area contributed by atoms with Crippen molar-refractivity contribution in [2.45, 2.75) is 71.1 Å². The Labute approximate surface area is 109 Å². The summed E-state index contributed by atoms with van der Waals surface area (Å²) in [6.45, 7) is 3.96. The van der Waals surface area contributed by atoms with Crippen LogP contribution in [0.25, 0.3) is 0 Å². The zero-order valence-electron chi connectivity index (χ0n) is 12.3. The Hall–Kier alpha value is -0.0800. The highest BCUT2D eigenvalue weighted by Gasteiger charge is 1.93. The maximum atomic E-state index is 5.49. The predicted molar refractivity (Wildman–Crippen MR) is 76.4 cm³/mol. The second-order valence-electron chi connectivity index (χ2n) is 5.30. The van der Waals surface area contributed by atoms with Crippen LogP contribution in [0.4, 0.5) is 0 Å². The minimum atomic E-state index is 0.761. The minimum absolute atomic E-state index is 0.761. The van der Waals surface area contributed by atoms with Gasteiger partial charge in [0.1, 0.15) is 0 Å². The fourth-order valence-electron chi connectivity index (χ4n) is 1.94. The van der Waals surface area contributed by atoms with Crippen molar-refractivity contribution in [1.29, 1.82) is 0 Å². The molecule has 104 valence electrons. The molecule has 0 aromatic heterocycles. The predicted octanol–water partition coefficient (Wildman–Crippen LogP) is 4.44. The van der Waals surface area contributed by atoms with E-state index in [-0.39, 0.29) is 0 Å². The largest absolute Gasteiger partial charge is 0.366 e. The quantitative estimate of drug-likeness (QED) is 0.350. The van der Waals surface area contributed by atoms with E-state index >= 15 is 0 Å². The molecule has 0 amide bonds. The number of nitrogens with zero attached hydrogens (tertiary/aromatic N) is 1. The summed E-state index contributed by atoms with van der Waals surface area (Å²) in [4.78, 5) is 2.07. The highest BCUT2D eigenvalue weighted by molar-refractivity contribution is 4.47. The average Bonchev–Trinajstić information content (AvgIpc) is 2.30. The molecule has 0 aromatic carbocycles. The van der Waals surface area contributed by atoms with Gasteiger partial charge in [-0.1, -0.05) is 64.7 Å². The van der Waals surface area contributed by atoms with Crippen molar-refractivity contribution in [3.05, 3.63) is 0 Å². The van der Waals surface area contributed by atoms with Gasteiger partial charge in [0.05, 0.1) is 6.73 Å². The highest BCUT2D eigenvalue weighted by Crippen LogP contribution is 2.10. The van der Waals surface area contributed by atoms with Gasteiger partial charge in [-0.25, -0.2) is 0 Å². The molecule has 0 aliphatic rings. The molecule has 0 aromatic rings. The molecule has 0 heterocycles. The number of hydrogen-bond donors (Lipinski definition) is 0. The lowest BCUT2D eigenvalue weighted by Gasteiger charge is -2.09. The Bertz CT molecular complexity index is 137. The number of hydrogen-bond acceptors (Lipinski definition) is 2. The van der Waals surface area contributed by atoms with Crippen LogP contribution in [0, 0.1) is 0 Å². The molecule has 0 aliphatic carbocycles. The van der Waals surface area contributed by atoms with Gasteiger partial charge in [0.15, 0.2) is 0 Å². The molecule has 0 spiro atoms. The van der Waals surface area contributed by atoms with Crippen molar-refractivity contribution < 1.29 is 4.74 Å². The molecule has 0 unspecified atom stereocenters. The summed E-state index contributed by atoms with van der Waals surface area (Å²) >= 11 is 0. The average molecular weight is 243 g/mol. The van der Waals surface area contributed by atoms with Crippen molar-refractivity contribution in [2.75, 3.05) is 27.4 Å². The number of unbranched alkanes of at least 4 members (excludes halogenated alkanes) is 9. The molecular formula is C15H33NO. The molecule has 2 heteroatoms. The van der Waals surface area contributed by atoms with E-state index in [0.717, 1.165) is 13.3 Å². The zero-order valence-corrected chi connectivity index (χ0v) is 12.3. The monoisotopic (exact) mass is 243 g/mol. The van der Waals surface area contributed by atoms with Crippen LogP contribution in [0.15, 0.2) is 0 Å². The van der Waals surface area contributed by atoms with Gasteiger partial charge in [-0.15, -0.1) is 0 Å². The van der Waals surface area contributed by atoms with Gasteiger partial charge in [-0.3, -0.25) is 4.90 Å². The summed E-state index contributed by atoms with van der Waals surface area (Å²) in [6.07, 6.45) is 13.9. The summed E-state index contributed by atoms with van der Waals surface area (Å²) < 4.78 is 5.49. The molecule has 0 saturated carbocycles. The van der Waals surface area contributed by atoms with Gasteiger partial charge in [0.2, 0.25) is 0 Å². The lowest BCUT2D eigenvalue weighted by molar-refractivity contribution is 0.0539. The Balaban J connectivity index is 2.89. The van der Waals surface area contributed by atoms with Crippen LogP contribution >= 0.6 is 0 Å². The lowest BCUT2D eigenvalue weighted by Crippen LogP contribution is -2.16. The van der Waals surface area contributed by atoms with E-state index in [4.69, 9.17) is 4.74 Å². The second kappa shape index (κ2) is 14.0. The molecule has 0 bridgehead atoms.